The van der Waals surface area contributed by atoms with E-state index < -0.39 is 45.1 Å². The van der Waals surface area contributed by atoms with E-state index in [1.807, 2.05) is 12.2 Å². The van der Waals surface area contributed by atoms with Gasteiger partial charge in [0.15, 0.2) is 0 Å². The molecule has 4 N–H and O–H groups in total. The van der Waals surface area contributed by atoms with E-state index in [2.05, 4.69) is 111 Å². The van der Waals surface area contributed by atoms with E-state index in [-0.39, 0.29) is 13.0 Å². The first-order valence-electron chi connectivity index (χ1n) is 20.9. The standard InChI is InChI=1S/C46H74NO9P/c1-3-5-7-9-11-13-15-17-19-21-22-23-24-26-28-30-32-34-36-38-45(48)56-43(41-54-57(51,52)55-42-44(47)46(49)50)40-53-39-37-35-33-31-29-27-25-20-18-16-14-12-10-8-6-4-2/h5-8,11-14,17-20,22-23,26,28,32,34,43-44H,3-4,9-10,15-16,21,24-25,27,29-31,33,35-42,47H2,1-2H3,(H,49,50)(H,51,52)/b7-5-,8-6-,13-11-,14-12-,19-17-,20-18-,23-22-,28-26-,34-32-. The zero-order chi connectivity index (χ0) is 41.9. The molecule has 0 aromatic carbocycles. The summed E-state index contributed by atoms with van der Waals surface area (Å²) in [7, 11) is -4.65. The Balaban J connectivity index is 4.45. The van der Waals surface area contributed by atoms with Crippen molar-refractivity contribution in [3.05, 3.63) is 109 Å². The summed E-state index contributed by atoms with van der Waals surface area (Å²) in [6.45, 7) is 3.49. The fourth-order valence-electron chi connectivity index (χ4n) is 4.88. The smallest absolute Gasteiger partial charge is 0.472 e. The number of hydrogen-bond acceptors (Lipinski definition) is 8. The number of phosphoric ester groups is 1. The number of hydrogen-bond donors (Lipinski definition) is 3. The van der Waals surface area contributed by atoms with Crippen molar-refractivity contribution in [2.75, 3.05) is 26.4 Å². The molecule has 0 aliphatic rings. The third-order valence-corrected chi connectivity index (χ3v) is 9.01. The van der Waals surface area contributed by atoms with Gasteiger partial charge in [-0.25, -0.2) is 4.57 Å². The number of aliphatic carboxylic acids is 1. The average Bonchev–Trinajstić information content (AvgIpc) is 3.19. The number of unbranched alkanes of at least 4 members (excludes halogenated alkanes) is 6. The van der Waals surface area contributed by atoms with Crippen LogP contribution in [0.2, 0.25) is 0 Å². The molecule has 0 fully saturated rings. The van der Waals surface area contributed by atoms with Crippen LogP contribution in [0.5, 0.6) is 0 Å². The zero-order valence-electron chi connectivity index (χ0n) is 34.9. The lowest BCUT2D eigenvalue weighted by molar-refractivity contribution is -0.154. The highest BCUT2D eigenvalue weighted by molar-refractivity contribution is 7.47. The minimum atomic E-state index is -4.65. The number of carbonyl (C=O) groups excluding carboxylic acids is 1. The van der Waals surface area contributed by atoms with Gasteiger partial charge in [0.2, 0.25) is 0 Å². The van der Waals surface area contributed by atoms with Crippen molar-refractivity contribution < 1.29 is 42.7 Å². The molecule has 10 nitrogen and oxygen atoms in total. The van der Waals surface area contributed by atoms with Gasteiger partial charge in [-0.3, -0.25) is 18.6 Å². The SMILES string of the molecule is CC/C=C\C/C=C\C/C=C\C/C=C\C/C=C\C/C=C\CCC(=O)OC(COCCCCCCCC/C=C\C/C=C\C/C=C\CC)COP(=O)(O)OCC(N)C(=O)O. The van der Waals surface area contributed by atoms with Crippen LogP contribution in [0.1, 0.15) is 129 Å². The monoisotopic (exact) mass is 816 g/mol. The van der Waals surface area contributed by atoms with Crippen molar-refractivity contribution in [3.8, 4) is 0 Å². The molecule has 0 bridgehead atoms. The van der Waals surface area contributed by atoms with Gasteiger partial charge in [0, 0.05) is 13.0 Å². The van der Waals surface area contributed by atoms with E-state index in [1.54, 1.807) is 0 Å². The topological polar surface area (TPSA) is 155 Å². The fourth-order valence-corrected chi connectivity index (χ4v) is 5.66. The summed E-state index contributed by atoms with van der Waals surface area (Å²) in [6, 6.07) is -1.49. The lowest BCUT2D eigenvalue weighted by Crippen LogP contribution is -2.34. The van der Waals surface area contributed by atoms with Crippen molar-refractivity contribution in [2.24, 2.45) is 5.73 Å². The quantitative estimate of drug-likeness (QED) is 0.0237. The first kappa shape index (κ1) is 53.6. The van der Waals surface area contributed by atoms with Gasteiger partial charge in [0.05, 0.1) is 19.8 Å². The number of carboxylic acid groups (broad SMARTS) is 1. The fraction of sp³-hybridized carbons (Fsp3) is 0.565. The van der Waals surface area contributed by atoms with Crippen LogP contribution in [0.25, 0.3) is 0 Å². The zero-order valence-corrected chi connectivity index (χ0v) is 35.8. The largest absolute Gasteiger partial charge is 0.480 e. The second-order valence-electron chi connectivity index (χ2n) is 13.3. The second-order valence-corrected chi connectivity index (χ2v) is 14.8. The Bertz CT molecular complexity index is 1310. The van der Waals surface area contributed by atoms with Crippen LogP contribution >= 0.6 is 7.82 Å². The van der Waals surface area contributed by atoms with E-state index in [0.29, 0.717) is 13.0 Å². The summed E-state index contributed by atoms with van der Waals surface area (Å²) in [5, 5.41) is 8.89. The summed E-state index contributed by atoms with van der Waals surface area (Å²) >= 11 is 0. The summed E-state index contributed by atoms with van der Waals surface area (Å²) < 4.78 is 33.2. The lowest BCUT2D eigenvalue weighted by atomic mass is 10.1. The van der Waals surface area contributed by atoms with Crippen molar-refractivity contribution >= 4 is 19.8 Å². The molecule has 0 heterocycles. The number of phosphoric acid groups is 1. The van der Waals surface area contributed by atoms with Crippen LogP contribution in [0, 0.1) is 0 Å². The van der Waals surface area contributed by atoms with Gasteiger partial charge in [-0.1, -0.05) is 149 Å². The molecule has 0 saturated heterocycles. The molecular weight excluding hydrogens is 741 g/mol. The predicted octanol–water partition coefficient (Wildman–Crippen LogP) is 11.5. The number of allylic oxidation sites excluding steroid dienone is 18. The number of ether oxygens (including phenoxy) is 2. The number of rotatable bonds is 38. The third kappa shape index (κ3) is 40.6. The maximum atomic E-state index is 12.6. The Hall–Kier alpha value is -3.37. The molecule has 0 aliphatic heterocycles. The van der Waals surface area contributed by atoms with Crippen molar-refractivity contribution in [3.63, 3.8) is 0 Å². The average molecular weight is 816 g/mol. The van der Waals surface area contributed by atoms with Gasteiger partial charge in [-0.05, 0) is 83.5 Å². The Labute approximate surface area is 344 Å². The molecule has 3 unspecified atom stereocenters. The molecule has 0 aliphatic carbocycles. The van der Waals surface area contributed by atoms with Crippen molar-refractivity contribution in [1.82, 2.24) is 0 Å². The van der Waals surface area contributed by atoms with Crippen LogP contribution in [0.4, 0.5) is 0 Å². The molecule has 0 rings (SSSR count). The highest BCUT2D eigenvalue weighted by atomic mass is 31.2. The molecule has 0 spiro atoms. The first-order chi connectivity index (χ1) is 27.7. The van der Waals surface area contributed by atoms with Crippen LogP contribution in [-0.2, 0) is 32.7 Å². The molecule has 3 atom stereocenters. The minimum Gasteiger partial charge on any atom is -0.480 e. The number of esters is 1. The van der Waals surface area contributed by atoms with E-state index in [4.69, 9.17) is 29.4 Å². The van der Waals surface area contributed by atoms with Crippen LogP contribution in [-0.4, -0.2) is 60.5 Å². The van der Waals surface area contributed by atoms with Crippen LogP contribution < -0.4 is 5.73 Å². The van der Waals surface area contributed by atoms with Gasteiger partial charge < -0.3 is 25.2 Å². The van der Waals surface area contributed by atoms with Gasteiger partial charge in [-0.2, -0.15) is 0 Å². The van der Waals surface area contributed by atoms with Gasteiger partial charge >= 0.3 is 19.8 Å². The maximum Gasteiger partial charge on any atom is 0.472 e. The summed E-state index contributed by atoms with van der Waals surface area (Å²) in [5.41, 5.74) is 5.34. The number of nitrogens with two attached hydrogens (primary N) is 1. The van der Waals surface area contributed by atoms with Gasteiger partial charge in [0.1, 0.15) is 12.1 Å². The van der Waals surface area contributed by atoms with Crippen molar-refractivity contribution in [2.45, 2.75) is 142 Å². The van der Waals surface area contributed by atoms with E-state index in [9.17, 15) is 19.0 Å². The highest BCUT2D eigenvalue weighted by Gasteiger charge is 2.27. The predicted molar refractivity (Wildman–Crippen MR) is 235 cm³/mol. The Morgan fingerprint density at radius 1 is 0.561 bits per heavy atom. The molecule has 0 radical (unpaired) electrons. The Morgan fingerprint density at radius 3 is 1.44 bits per heavy atom. The van der Waals surface area contributed by atoms with Gasteiger partial charge in [0.25, 0.3) is 0 Å². The van der Waals surface area contributed by atoms with Crippen LogP contribution in [0.3, 0.4) is 0 Å². The molecule has 0 aromatic rings. The van der Waals surface area contributed by atoms with E-state index >= 15 is 0 Å². The van der Waals surface area contributed by atoms with Gasteiger partial charge in [-0.15, -0.1) is 0 Å². The van der Waals surface area contributed by atoms with E-state index in [0.717, 1.165) is 89.9 Å². The van der Waals surface area contributed by atoms with Crippen LogP contribution in [0.15, 0.2) is 109 Å². The number of carboxylic acids is 1. The van der Waals surface area contributed by atoms with Crippen molar-refractivity contribution in [1.29, 1.82) is 0 Å². The molecule has 0 aromatic heterocycles. The normalized spacial score (nSPS) is 15.0. The highest BCUT2D eigenvalue weighted by Crippen LogP contribution is 2.43. The molecule has 0 saturated carbocycles. The minimum absolute atomic E-state index is 0.0305. The first-order valence-corrected chi connectivity index (χ1v) is 22.4. The second kappa shape index (κ2) is 40.8. The lowest BCUT2D eigenvalue weighted by Gasteiger charge is -2.20. The molecule has 57 heavy (non-hydrogen) atoms. The van der Waals surface area contributed by atoms with E-state index in [1.165, 1.54) is 12.8 Å². The Kier molecular flexibility index (Phi) is 38.4. The molecule has 11 heteroatoms. The maximum absolute atomic E-state index is 12.6. The summed E-state index contributed by atoms with van der Waals surface area (Å²) in [6.07, 6.45) is 54.4. The summed E-state index contributed by atoms with van der Waals surface area (Å²) in [5.74, 6) is -1.89. The third-order valence-electron chi connectivity index (χ3n) is 8.06. The molecule has 0 amide bonds. The molecule has 322 valence electrons. The Morgan fingerprint density at radius 2 is 0.965 bits per heavy atom. The number of carbonyl (C=O) groups is 2. The molecular formula is C46H74NO9P. The summed E-state index contributed by atoms with van der Waals surface area (Å²) in [4.78, 5) is 33.5.